The molecule has 1 aliphatic rings. The molecule has 0 amide bonds. The predicted molar refractivity (Wildman–Crippen MR) is 82.4 cm³/mol. The lowest BCUT2D eigenvalue weighted by Crippen LogP contribution is -2.35. The fourth-order valence-corrected chi connectivity index (χ4v) is 2.73. The molecule has 1 aliphatic heterocycles. The van der Waals surface area contributed by atoms with E-state index in [0.717, 1.165) is 21.4 Å². The molecule has 7 nitrogen and oxygen atoms in total. The van der Waals surface area contributed by atoms with E-state index >= 15 is 0 Å². The predicted octanol–water partition coefficient (Wildman–Crippen LogP) is 2.31. The Morgan fingerprint density at radius 2 is 1.96 bits per heavy atom. The van der Waals surface area contributed by atoms with E-state index in [1.807, 2.05) is 32.9 Å². The number of rotatable bonds is 1. The SMILES string of the molecule is Cc1cc[n+](=O)n(C2=CC(C)(C)Oc3cc4nonc4cc32)c1. The minimum absolute atomic E-state index is 0.559. The summed E-state index contributed by atoms with van der Waals surface area (Å²) in [5.41, 5.74) is 3.16. The number of hydrogen-bond acceptors (Lipinski definition) is 5. The number of aryl methyl sites for hydroxylation is 1. The van der Waals surface area contributed by atoms with Crippen LogP contribution in [-0.4, -0.2) is 20.6 Å². The molecule has 2 aromatic heterocycles. The molecule has 23 heavy (non-hydrogen) atoms. The number of nitrogens with zero attached hydrogens (tertiary/aromatic N) is 4. The highest BCUT2D eigenvalue weighted by Crippen LogP contribution is 2.38. The molecule has 1 aromatic carbocycles. The third kappa shape index (κ3) is 2.21. The Kier molecular flexibility index (Phi) is 2.69. The number of hydrogen-bond donors (Lipinski definition) is 0. The van der Waals surface area contributed by atoms with Gasteiger partial charge in [-0.25, -0.2) is 4.63 Å². The molecule has 0 saturated heterocycles. The van der Waals surface area contributed by atoms with Gasteiger partial charge in [0, 0.05) is 17.7 Å². The van der Waals surface area contributed by atoms with E-state index in [4.69, 9.17) is 9.37 Å². The molecule has 0 unspecified atom stereocenters. The first-order valence-corrected chi connectivity index (χ1v) is 7.24. The maximum atomic E-state index is 12.3. The van der Waals surface area contributed by atoms with Gasteiger partial charge in [0.25, 0.3) is 6.20 Å². The van der Waals surface area contributed by atoms with Crippen LogP contribution in [0.4, 0.5) is 0 Å². The standard InChI is InChI=1S/C16H15N4O3/c1-10-4-5-20(21)19(9-10)14-8-16(2,3)22-15-7-13-12(6-11(14)15)17-23-18-13/h4-9H,1-3H3/q+1. The summed E-state index contributed by atoms with van der Waals surface area (Å²) in [5, 5.41) is 7.71. The molecule has 0 bridgehead atoms. The number of benzene rings is 1. The van der Waals surface area contributed by atoms with Gasteiger partial charge in [0.2, 0.25) is 0 Å². The van der Waals surface area contributed by atoms with Crippen LogP contribution < -0.4 is 9.28 Å². The molecule has 7 heteroatoms. The first-order chi connectivity index (χ1) is 10.9. The minimum atomic E-state index is -0.559. The van der Waals surface area contributed by atoms with Gasteiger partial charge in [0.1, 0.15) is 28.1 Å². The number of aromatic nitrogens is 4. The summed E-state index contributed by atoms with van der Waals surface area (Å²) < 4.78 is 13.1. The topological polar surface area (TPSA) is 76.1 Å². The molecule has 0 N–H and O–H groups in total. The van der Waals surface area contributed by atoms with Crippen molar-refractivity contribution in [2.75, 3.05) is 0 Å². The van der Waals surface area contributed by atoms with E-state index in [9.17, 15) is 4.91 Å². The van der Waals surface area contributed by atoms with Gasteiger partial charge >= 0.3 is 0 Å². The Morgan fingerprint density at radius 3 is 2.74 bits per heavy atom. The van der Waals surface area contributed by atoms with Crippen molar-refractivity contribution in [3.63, 3.8) is 0 Å². The molecule has 0 saturated carbocycles. The van der Waals surface area contributed by atoms with Crippen LogP contribution in [0.25, 0.3) is 16.7 Å². The Labute approximate surface area is 131 Å². The summed E-state index contributed by atoms with van der Waals surface area (Å²) in [6, 6.07) is 5.36. The van der Waals surface area contributed by atoms with Gasteiger partial charge in [-0.05, 0) is 48.8 Å². The molecule has 0 fully saturated rings. The minimum Gasteiger partial charge on any atom is -0.483 e. The average Bonchev–Trinajstić information content (AvgIpc) is 2.93. The van der Waals surface area contributed by atoms with E-state index in [0.29, 0.717) is 16.8 Å². The van der Waals surface area contributed by atoms with Gasteiger partial charge < -0.3 is 4.74 Å². The van der Waals surface area contributed by atoms with Crippen molar-refractivity contribution in [3.05, 3.63) is 52.7 Å². The van der Waals surface area contributed by atoms with E-state index in [2.05, 4.69) is 10.3 Å². The Hall–Kier alpha value is -2.96. The summed E-state index contributed by atoms with van der Waals surface area (Å²) in [6.07, 6.45) is 5.19. The zero-order valence-corrected chi connectivity index (χ0v) is 13.0. The van der Waals surface area contributed by atoms with Crippen molar-refractivity contribution in [2.45, 2.75) is 26.4 Å². The summed E-state index contributed by atoms with van der Waals surface area (Å²) in [6.45, 7) is 5.81. The first kappa shape index (κ1) is 13.7. The van der Waals surface area contributed by atoms with Crippen LogP contribution in [0.2, 0.25) is 0 Å². The third-order valence-electron chi connectivity index (χ3n) is 3.74. The van der Waals surface area contributed by atoms with Crippen molar-refractivity contribution in [2.24, 2.45) is 0 Å². The van der Waals surface area contributed by atoms with Gasteiger partial charge in [-0.15, -0.1) is 0 Å². The average molecular weight is 311 g/mol. The summed E-state index contributed by atoms with van der Waals surface area (Å²) in [7, 11) is 0. The molecule has 0 aliphatic carbocycles. The molecular formula is C16H15N4O3+. The van der Waals surface area contributed by atoms with Crippen molar-refractivity contribution in [1.82, 2.24) is 15.0 Å². The van der Waals surface area contributed by atoms with Crippen LogP contribution in [0.1, 0.15) is 25.0 Å². The largest absolute Gasteiger partial charge is 0.483 e. The van der Waals surface area contributed by atoms with Crippen molar-refractivity contribution in [1.29, 1.82) is 0 Å². The van der Waals surface area contributed by atoms with Crippen LogP contribution in [-0.2, 0) is 0 Å². The summed E-state index contributed by atoms with van der Waals surface area (Å²) in [5.74, 6) is 0.643. The monoisotopic (exact) mass is 311 g/mol. The lowest BCUT2D eigenvalue weighted by atomic mass is 9.98. The Morgan fingerprint density at radius 1 is 1.22 bits per heavy atom. The molecule has 0 radical (unpaired) electrons. The van der Waals surface area contributed by atoms with Crippen LogP contribution in [0.5, 0.6) is 5.75 Å². The van der Waals surface area contributed by atoms with Crippen LogP contribution in [0.3, 0.4) is 0 Å². The number of ether oxygens (including phenoxy) is 1. The fraction of sp³-hybridized carbons (Fsp3) is 0.250. The third-order valence-corrected chi connectivity index (χ3v) is 3.74. The van der Waals surface area contributed by atoms with Gasteiger partial charge in [-0.2, -0.15) is 0 Å². The van der Waals surface area contributed by atoms with Gasteiger partial charge in [-0.3, -0.25) is 0 Å². The van der Waals surface area contributed by atoms with Gasteiger partial charge in [0.05, 0.1) is 11.1 Å². The zero-order chi connectivity index (χ0) is 16.2. The quantitative estimate of drug-likeness (QED) is 0.645. The van der Waals surface area contributed by atoms with Crippen molar-refractivity contribution >= 4 is 16.7 Å². The van der Waals surface area contributed by atoms with Crippen molar-refractivity contribution in [3.8, 4) is 5.75 Å². The highest BCUT2D eigenvalue weighted by molar-refractivity contribution is 5.84. The molecule has 3 aromatic rings. The maximum absolute atomic E-state index is 12.3. The van der Waals surface area contributed by atoms with Crippen LogP contribution in [0.15, 0.2) is 41.3 Å². The first-order valence-electron chi connectivity index (χ1n) is 7.24. The molecular weight excluding hydrogens is 296 g/mol. The normalized spacial score (nSPS) is 15.9. The summed E-state index contributed by atoms with van der Waals surface area (Å²) >= 11 is 0. The van der Waals surface area contributed by atoms with E-state index in [1.165, 1.54) is 6.20 Å². The summed E-state index contributed by atoms with van der Waals surface area (Å²) in [4.78, 5) is 12.3. The van der Waals surface area contributed by atoms with Gasteiger partial charge in [-0.1, -0.05) is 4.68 Å². The maximum Gasteiger partial charge on any atom is 0.258 e. The zero-order valence-electron chi connectivity index (χ0n) is 13.0. The molecule has 116 valence electrons. The van der Waals surface area contributed by atoms with Gasteiger partial charge in [0.15, 0.2) is 4.54 Å². The second-order valence-corrected chi connectivity index (χ2v) is 6.17. The fourth-order valence-electron chi connectivity index (χ4n) is 2.73. The van der Waals surface area contributed by atoms with Crippen LogP contribution in [0, 0.1) is 11.8 Å². The highest BCUT2D eigenvalue weighted by Gasteiger charge is 2.31. The lowest BCUT2D eigenvalue weighted by molar-refractivity contribution is -0.584. The second kappa shape index (κ2) is 4.52. The van der Waals surface area contributed by atoms with E-state index in [-0.39, 0.29) is 0 Å². The van der Waals surface area contributed by atoms with Crippen LogP contribution >= 0.6 is 0 Å². The molecule has 0 atom stereocenters. The Balaban J connectivity index is 2.03. The van der Waals surface area contributed by atoms with E-state index < -0.39 is 5.60 Å². The molecule has 4 rings (SSSR count). The highest BCUT2D eigenvalue weighted by atomic mass is 16.6. The molecule has 3 heterocycles. The Bertz CT molecular complexity index is 1010. The smallest absolute Gasteiger partial charge is 0.258 e. The van der Waals surface area contributed by atoms with Crippen molar-refractivity contribution < 1.29 is 13.9 Å². The van der Waals surface area contributed by atoms with E-state index in [1.54, 1.807) is 23.0 Å². The second-order valence-electron chi connectivity index (χ2n) is 6.17. The number of fused-ring (bicyclic) bond motifs is 2. The molecule has 0 spiro atoms. The lowest BCUT2D eigenvalue weighted by Gasteiger charge is -2.29.